The smallest absolute Gasteiger partial charge is 0.119 e. The van der Waals surface area contributed by atoms with E-state index < -0.39 is 0 Å². The molecule has 1 aromatic carbocycles. The molecule has 0 spiro atoms. The number of likely N-dealkylation sites (N-methyl/N-ethyl adjacent to an activating group) is 1. The van der Waals surface area contributed by atoms with Gasteiger partial charge in [0, 0.05) is 25.2 Å². The summed E-state index contributed by atoms with van der Waals surface area (Å²) in [6.07, 6.45) is 3.46. The van der Waals surface area contributed by atoms with Gasteiger partial charge in [0.25, 0.3) is 0 Å². The zero-order chi connectivity index (χ0) is 13.5. The number of hydrogen-bond donors (Lipinski definition) is 1. The third-order valence-corrected chi connectivity index (χ3v) is 2.93. The highest BCUT2D eigenvalue weighted by Crippen LogP contribution is 2.11. The van der Waals surface area contributed by atoms with Crippen molar-refractivity contribution in [2.75, 3.05) is 20.2 Å². The van der Waals surface area contributed by atoms with E-state index in [1.54, 1.807) is 12.5 Å². The molecule has 102 valence electrons. The van der Waals surface area contributed by atoms with Crippen molar-refractivity contribution in [1.29, 1.82) is 0 Å². The van der Waals surface area contributed by atoms with Crippen LogP contribution in [0.3, 0.4) is 0 Å². The highest BCUT2D eigenvalue weighted by molar-refractivity contribution is 5.27. The Kier molecular flexibility index (Phi) is 5.01. The molecule has 2 aromatic rings. The van der Waals surface area contributed by atoms with Crippen LogP contribution in [0.25, 0.3) is 0 Å². The van der Waals surface area contributed by atoms with E-state index in [4.69, 9.17) is 14.9 Å². The van der Waals surface area contributed by atoms with Crippen LogP contribution < -0.4 is 10.5 Å². The van der Waals surface area contributed by atoms with Gasteiger partial charge in [-0.25, -0.2) is 0 Å². The van der Waals surface area contributed by atoms with Crippen molar-refractivity contribution in [2.24, 2.45) is 5.73 Å². The maximum absolute atomic E-state index is 5.69. The quantitative estimate of drug-likeness (QED) is 0.829. The van der Waals surface area contributed by atoms with Crippen LogP contribution in [0.15, 0.2) is 47.3 Å². The Balaban J connectivity index is 1.70. The molecular formula is C15H20N2O2. The number of furan rings is 1. The van der Waals surface area contributed by atoms with E-state index in [9.17, 15) is 0 Å². The van der Waals surface area contributed by atoms with Crippen LogP contribution in [-0.2, 0) is 13.1 Å². The molecule has 2 N–H and O–H groups in total. The molecule has 1 aromatic heterocycles. The van der Waals surface area contributed by atoms with Crippen molar-refractivity contribution in [3.8, 4) is 5.75 Å². The predicted octanol–water partition coefficient (Wildman–Crippen LogP) is 2.25. The summed E-state index contributed by atoms with van der Waals surface area (Å²) in [4.78, 5) is 2.19. The second-order valence-corrected chi connectivity index (χ2v) is 4.57. The van der Waals surface area contributed by atoms with E-state index in [1.165, 1.54) is 5.56 Å². The van der Waals surface area contributed by atoms with Gasteiger partial charge in [0.05, 0.1) is 12.5 Å². The molecule has 0 saturated heterocycles. The number of ether oxygens (including phenoxy) is 1. The van der Waals surface area contributed by atoms with Gasteiger partial charge >= 0.3 is 0 Å². The monoisotopic (exact) mass is 260 g/mol. The Morgan fingerprint density at radius 2 is 1.95 bits per heavy atom. The Morgan fingerprint density at radius 1 is 1.16 bits per heavy atom. The lowest BCUT2D eigenvalue weighted by Crippen LogP contribution is -2.23. The predicted molar refractivity (Wildman–Crippen MR) is 74.9 cm³/mol. The molecule has 0 radical (unpaired) electrons. The standard InChI is InChI=1S/C15H20N2O2/c1-17(11-14-6-8-18-12-14)7-9-19-15-4-2-13(10-16)3-5-15/h2-6,8,12H,7,9-11,16H2,1H3. The average Bonchev–Trinajstić information content (AvgIpc) is 2.92. The molecule has 19 heavy (non-hydrogen) atoms. The van der Waals surface area contributed by atoms with E-state index >= 15 is 0 Å². The van der Waals surface area contributed by atoms with Crippen LogP contribution in [0.1, 0.15) is 11.1 Å². The first-order valence-electron chi connectivity index (χ1n) is 6.39. The molecule has 2 rings (SSSR count). The number of nitrogens with zero attached hydrogens (tertiary/aromatic N) is 1. The summed E-state index contributed by atoms with van der Waals surface area (Å²) in [6, 6.07) is 9.87. The lowest BCUT2D eigenvalue weighted by molar-refractivity contribution is 0.232. The van der Waals surface area contributed by atoms with Gasteiger partial charge in [0.2, 0.25) is 0 Å². The third kappa shape index (κ3) is 4.43. The Hall–Kier alpha value is -1.78. The molecule has 4 heteroatoms. The van der Waals surface area contributed by atoms with Crippen LogP contribution in [0, 0.1) is 0 Å². The molecule has 0 amide bonds. The van der Waals surface area contributed by atoms with Crippen LogP contribution >= 0.6 is 0 Å². The molecule has 0 unspecified atom stereocenters. The van der Waals surface area contributed by atoms with Crippen molar-refractivity contribution in [3.63, 3.8) is 0 Å². The van der Waals surface area contributed by atoms with E-state index in [2.05, 4.69) is 11.9 Å². The minimum Gasteiger partial charge on any atom is -0.492 e. The summed E-state index contributed by atoms with van der Waals surface area (Å²) >= 11 is 0. The fourth-order valence-corrected chi connectivity index (χ4v) is 1.81. The Morgan fingerprint density at radius 3 is 2.58 bits per heavy atom. The van der Waals surface area contributed by atoms with Gasteiger partial charge in [-0.15, -0.1) is 0 Å². The molecule has 0 fully saturated rings. The lowest BCUT2D eigenvalue weighted by Gasteiger charge is -2.16. The number of nitrogens with two attached hydrogens (primary N) is 1. The molecule has 0 aliphatic carbocycles. The van der Waals surface area contributed by atoms with Gasteiger partial charge in [0.15, 0.2) is 0 Å². The largest absolute Gasteiger partial charge is 0.492 e. The number of hydrogen-bond acceptors (Lipinski definition) is 4. The maximum Gasteiger partial charge on any atom is 0.119 e. The fourth-order valence-electron chi connectivity index (χ4n) is 1.81. The summed E-state index contributed by atoms with van der Waals surface area (Å²) in [6.45, 7) is 2.96. The molecule has 1 heterocycles. The molecule has 0 atom stereocenters. The van der Waals surface area contributed by atoms with Gasteiger partial charge in [0.1, 0.15) is 12.4 Å². The molecule has 0 bridgehead atoms. The molecule has 0 saturated carbocycles. The fraction of sp³-hybridized carbons (Fsp3) is 0.333. The van der Waals surface area contributed by atoms with Crippen molar-refractivity contribution in [2.45, 2.75) is 13.1 Å². The summed E-state index contributed by atoms with van der Waals surface area (Å²) in [7, 11) is 2.06. The SMILES string of the molecule is CN(CCOc1ccc(CN)cc1)Cc1ccoc1. The van der Waals surface area contributed by atoms with Gasteiger partial charge in [-0.3, -0.25) is 4.90 Å². The van der Waals surface area contributed by atoms with Gasteiger partial charge < -0.3 is 14.9 Å². The maximum atomic E-state index is 5.69. The van der Waals surface area contributed by atoms with Crippen LogP contribution in [0.5, 0.6) is 5.75 Å². The summed E-state index contributed by atoms with van der Waals surface area (Å²) < 4.78 is 10.7. The first-order chi connectivity index (χ1) is 9.28. The van der Waals surface area contributed by atoms with E-state index in [0.717, 1.165) is 24.4 Å². The van der Waals surface area contributed by atoms with Gasteiger partial charge in [-0.1, -0.05) is 12.1 Å². The van der Waals surface area contributed by atoms with E-state index in [0.29, 0.717) is 13.2 Å². The van der Waals surface area contributed by atoms with Crippen molar-refractivity contribution in [3.05, 3.63) is 54.0 Å². The summed E-state index contributed by atoms with van der Waals surface area (Å²) in [5.74, 6) is 0.883. The Bertz CT molecular complexity index is 465. The van der Waals surface area contributed by atoms with Crippen LogP contribution in [0.2, 0.25) is 0 Å². The number of rotatable bonds is 7. The van der Waals surface area contributed by atoms with E-state index in [1.807, 2.05) is 30.3 Å². The molecule has 0 aliphatic rings. The van der Waals surface area contributed by atoms with Gasteiger partial charge in [-0.05, 0) is 30.8 Å². The molecule has 4 nitrogen and oxygen atoms in total. The average molecular weight is 260 g/mol. The van der Waals surface area contributed by atoms with E-state index in [-0.39, 0.29) is 0 Å². The molecular weight excluding hydrogens is 240 g/mol. The lowest BCUT2D eigenvalue weighted by atomic mass is 10.2. The Labute approximate surface area is 113 Å². The summed E-state index contributed by atoms with van der Waals surface area (Å²) in [5.41, 5.74) is 7.84. The van der Waals surface area contributed by atoms with Crippen molar-refractivity contribution >= 4 is 0 Å². The topological polar surface area (TPSA) is 51.6 Å². The zero-order valence-corrected chi connectivity index (χ0v) is 11.2. The first-order valence-corrected chi connectivity index (χ1v) is 6.39. The second-order valence-electron chi connectivity index (χ2n) is 4.57. The minimum atomic E-state index is 0.563. The van der Waals surface area contributed by atoms with Crippen molar-refractivity contribution in [1.82, 2.24) is 4.90 Å². The first kappa shape index (κ1) is 13.6. The highest BCUT2D eigenvalue weighted by Gasteiger charge is 2.02. The summed E-state index contributed by atoms with van der Waals surface area (Å²) in [5, 5.41) is 0. The van der Waals surface area contributed by atoms with Crippen LogP contribution in [-0.4, -0.2) is 25.1 Å². The third-order valence-electron chi connectivity index (χ3n) is 2.93. The second kappa shape index (κ2) is 6.97. The minimum absolute atomic E-state index is 0.563. The van der Waals surface area contributed by atoms with Crippen LogP contribution in [0.4, 0.5) is 0 Å². The zero-order valence-electron chi connectivity index (χ0n) is 11.2. The number of benzene rings is 1. The van der Waals surface area contributed by atoms with Gasteiger partial charge in [-0.2, -0.15) is 0 Å². The normalized spacial score (nSPS) is 10.9. The highest BCUT2D eigenvalue weighted by atomic mass is 16.5. The van der Waals surface area contributed by atoms with Crippen molar-refractivity contribution < 1.29 is 9.15 Å². The molecule has 0 aliphatic heterocycles.